The molecule has 1 N–H and O–H groups in total. The molecule has 0 saturated carbocycles. The summed E-state index contributed by atoms with van der Waals surface area (Å²) in [4.78, 5) is 12.2. The number of esters is 1. The Morgan fingerprint density at radius 2 is 1.92 bits per heavy atom. The van der Waals surface area contributed by atoms with E-state index in [1.165, 1.54) is 30.3 Å². The van der Waals surface area contributed by atoms with E-state index >= 15 is 0 Å². The van der Waals surface area contributed by atoms with Crippen LogP contribution in [0.4, 0.5) is 4.39 Å². The van der Waals surface area contributed by atoms with Crippen molar-refractivity contribution >= 4 is 5.97 Å². The van der Waals surface area contributed by atoms with Crippen LogP contribution >= 0.6 is 0 Å². The summed E-state index contributed by atoms with van der Waals surface area (Å²) < 4.78 is 23.7. The number of aromatic hydroxyl groups is 1. The van der Waals surface area contributed by atoms with Gasteiger partial charge in [-0.3, -0.25) is 0 Å². The molecule has 0 unspecified atom stereocenters. The predicted octanol–water partition coefficient (Wildman–Crippen LogP) is 3.81. The second-order valence-corrected chi connectivity index (χ2v) is 5.47. The molecule has 0 aliphatic rings. The monoisotopic (exact) mass is 342 g/mol. The van der Waals surface area contributed by atoms with Crippen LogP contribution in [0.1, 0.15) is 34.8 Å². The van der Waals surface area contributed by atoms with Crippen molar-refractivity contribution in [1.82, 2.24) is 10.2 Å². The van der Waals surface area contributed by atoms with Crippen LogP contribution in [0.5, 0.6) is 5.75 Å². The van der Waals surface area contributed by atoms with E-state index in [0.717, 1.165) is 0 Å². The third-order valence-electron chi connectivity index (χ3n) is 3.62. The lowest BCUT2D eigenvalue weighted by Crippen LogP contribution is -2.10. The van der Waals surface area contributed by atoms with Gasteiger partial charge in [-0.05, 0) is 49.7 Å². The third-order valence-corrected chi connectivity index (χ3v) is 3.62. The van der Waals surface area contributed by atoms with Gasteiger partial charge in [-0.15, -0.1) is 10.2 Å². The molecule has 1 atom stereocenters. The molecule has 0 saturated heterocycles. The molecule has 0 aliphatic carbocycles. The Hall–Kier alpha value is -3.22. The molecule has 3 aromatic rings. The van der Waals surface area contributed by atoms with Crippen molar-refractivity contribution in [1.29, 1.82) is 0 Å². The maximum Gasteiger partial charge on any atom is 0.342 e. The number of benzene rings is 2. The number of halogens is 1. The van der Waals surface area contributed by atoms with Crippen LogP contribution in [-0.4, -0.2) is 21.3 Å². The van der Waals surface area contributed by atoms with Gasteiger partial charge in [0.15, 0.2) is 6.10 Å². The summed E-state index contributed by atoms with van der Waals surface area (Å²) in [5.41, 5.74) is 1.18. The summed E-state index contributed by atoms with van der Waals surface area (Å²) in [6.07, 6.45) is -0.811. The molecule has 0 spiro atoms. The highest BCUT2D eigenvalue weighted by atomic mass is 19.1. The predicted molar refractivity (Wildman–Crippen MR) is 86.4 cm³/mol. The van der Waals surface area contributed by atoms with Gasteiger partial charge in [0.2, 0.25) is 5.89 Å². The fourth-order valence-corrected chi connectivity index (χ4v) is 2.21. The zero-order valence-electron chi connectivity index (χ0n) is 13.6. The van der Waals surface area contributed by atoms with E-state index in [1.807, 2.05) is 0 Å². The van der Waals surface area contributed by atoms with Crippen LogP contribution in [0.15, 0.2) is 46.9 Å². The molecule has 0 aliphatic heterocycles. The average molecular weight is 342 g/mol. The third kappa shape index (κ3) is 3.50. The summed E-state index contributed by atoms with van der Waals surface area (Å²) in [7, 11) is 0. The smallest absolute Gasteiger partial charge is 0.342 e. The first-order chi connectivity index (χ1) is 12.0. The van der Waals surface area contributed by atoms with Gasteiger partial charge in [-0.2, -0.15) is 0 Å². The maximum atomic E-state index is 13.0. The molecule has 2 aromatic carbocycles. The normalized spacial score (nSPS) is 12.0. The summed E-state index contributed by atoms with van der Waals surface area (Å²) in [5.74, 6) is -0.910. The lowest BCUT2D eigenvalue weighted by Gasteiger charge is -2.11. The number of nitrogens with zero attached hydrogens (tertiary/aromatic N) is 2. The number of carbonyl (C=O) groups is 1. The SMILES string of the molecule is Cc1cccc(C(=O)O[C@H](C)c2nnc(-c3ccc(F)cc3)o2)c1O. The summed E-state index contributed by atoms with van der Waals surface area (Å²) in [5, 5.41) is 17.7. The number of phenols is 1. The van der Waals surface area contributed by atoms with E-state index in [0.29, 0.717) is 11.1 Å². The van der Waals surface area contributed by atoms with Crippen LogP contribution in [0.25, 0.3) is 11.5 Å². The van der Waals surface area contributed by atoms with Gasteiger partial charge in [0, 0.05) is 5.56 Å². The number of aromatic nitrogens is 2. The Morgan fingerprint density at radius 3 is 2.64 bits per heavy atom. The zero-order chi connectivity index (χ0) is 18.0. The minimum Gasteiger partial charge on any atom is -0.507 e. The number of phenolic OH excluding ortho intramolecular Hbond substituents is 1. The van der Waals surface area contributed by atoms with Crippen molar-refractivity contribution < 1.29 is 23.4 Å². The van der Waals surface area contributed by atoms with E-state index in [1.54, 1.807) is 26.0 Å². The first-order valence-electron chi connectivity index (χ1n) is 7.54. The second-order valence-electron chi connectivity index (χ2n) is 5.47. The molecule has 0 radical (unpaired) electrons. The molecular formula is C18H15FN2O4. The minimum atomic E-state index is -0.811. The van der Waals surface area contributed by atoms with Gasteiger partial charge in [0.05, 0.1) is 0 Å². The lowest BCUT2D eigenvalue weighted by molar-refractivity contribution is 0.0276. The highest BCUT2D eigenvalue weighted by Crippen LogP contribution is 2.26. The molecule has 1 heterocycles. The van der Waals surface area contributed by atoms with Gasteiger partial charge in [-0.25, -0.2) is 9.18 Å². The Kier molecular flexibility index (Phi) is 4.47. The van der Waals surface area contributed by atoms with Crippen molar-refractivity contribution in [2.24, 2.45) is 0 Å². The standard InChI is InChI=1S/C18H15FN2O4/c1-10-4-3-5-14(15(10)22)18(23)24-11(2)16-20-21-17(25-16)12-6-8-13(19)9-7-12/h3-9,11,22H,1-2H3/t11-/m1/s1. The molecule has 0 amide bonds. The van der Waals surface area contributed by atoms with Crippen LogP contribution in [-0.2, 0) is 4.74 Å². The molecular weight excluding hydrogens is 327 g/mol. The van der Waals surface area contributed by atoms with Crippen molar-refractivity contribution in [3.63, 3.8) is 0 Å². The molecule has 3 rings (SSSR count). The minimum absolute atomic E-state index is 0.0603. The summed E-state index contributed by atoms with van der Waals surface area (Å²) >= 11 is 0. The number of carbonyl (C=O) groups excluding carboxylic acids is 1. The van der Waals surface area contributed by atoms with E-state index in [2.05, 4.69) is 10.2 Å². The molecule has 25 heavy (non-hydrogen) atoms. The molecule has 0 fully saturated rings. The number of ether oxygens (including phenoxy) is 1. The van der Waals surface area contributed by atoms with E-state index in [-0.39, 0.29) is 28.9 Å². The number of aryl methyl sites for hydroxylation is 1. The number of rotatable bonds is 4. The van der Waals surface area contributed by atoms with Crippen LogP contribution in [0.2, 0.25) is 0 Å². The highest BCUT2D eigenvalue weighted by Gasteiger charge is 2.22. The number of hydrogen-bond acceptors (Lipinski definition) is 6. The van der Waals surface area contributed by atoms with E-state index in [9.17, 15) is 14.3 Å². The Balaban J connectivity index is 1.75. The quantitative estimate of drug-likeness (QED) is 0.726. The van der Waals surface area contributed by atoms with Crippen LogP contribution in [0.3, 0.4) is 0 Å². The lowest BCUT2D eigenvalue weighted by atomic mass is 10.1. The Labute approximate surface area is 142 Å². The zero-order valence-corrected chi connectivity index (χ0v) is 13.6. The van der Waals surface area contributed by atoms with Crippen molar-refractivity contribution in [2.45, 2.75) is 20.0 Å². The largest absolute Gasteiger partial charge is 0.507 e. The van der Waals surface area contributed by atoms with Gasteiger partial charge in [0.1, 0.15) is 17.1 Å². The van der Waals surface area contributed by atoms with Crippen LogP contribution < -0.4 is 0 Å². The topological polar surface area (TPSA) is 85.5 Å². The van der Waals surface area contributed by atoms with E-state index < -0.39 is 12.1 Å². The van der Waals surface area contributed by atoms with Crippen molar-refractivity contribution in [3.8, 4) is 17.2 Å². The first kappa shape index (κ1) is 16.6. The number of hydrogen-bond donors (Lipinski definition) is 1. The molecule has 1 aromatic heterocycles. The molecule has 7 heteroatoms. The molecule has 128 valence electrons. The van der Waals surface area contributed by atoms with Crippen LogP contribution in [0, 0.1) is 12.7 Å². The average Bonchev–Trinajstić information content (AvgIpc) is 3.08. The van der Waals surface area contributed by atoms with Crippen molar-refractivity contribution in [2.75, 3.05) is 0 Å². The fourth-order valence-electron chi connectivity index (χ4n) is 2.21. The van der Waals surface area contributed by atoms with Gasteiger partial charge < -0.3 is 14.3 Å². The fraction of sp³-hybridized carbons (Fsp3) is 0.167. The van der Waals surface area contributed by atoms with Gasteiger partial charge in [0.25, 0.3) is 5.89 Å². The summed E-state index contributed by atoms with van der Waals surface area (Å²) in [6, 6.07) is 10.4. The maximum absolute atomic E-state index is 13.0. The molecule has 6 nitrogen and oxygen atoms in total. The van der Waals surface area contributed by atoms with Gasteiger partial charge >= 0.3 is 5.97 Å². The Bertz CT molecular complexity index is 906. The second kappa shape index (κ2) is 6.72. The molecule has 0 bridgehead atoms. The number of para-hydroxylation sites is 1. The summed E-state index contributed by atoms with van der Waals surface area (Å²) in [6.45, 7) is 3.26. The van der Waals surface area contributed by atoms with Gasteiger partial charge in [-0.1, -0.05) is 12.1 Å². The van der Waals surface area contributed by atoms with E-state index in [4.69, 9.17) is 9.15 Å². The van der Waals surface area contributed by atoms with Crippen molar-refractivity contribution in [3.05, 3.63) is 65.3 Å². The Morgan fingerprint density at radius 1 is 1.20 bits per heavy atom. The highest BCUT2D eigenvalue weighted by molar-refractivity contribution is 5.92. The first-order valence-corrected chi connectivity index (χ1v) is 7.54.